The van der Waals surface area contributed by atoms with Gasteiger partial charge in [0.2, 0.25) is 0 Å². The highest BCUT2D eigenvalue weighted by Gasteiger charge is 2.31. The van der Waals surface area contributed by atoms with E-state index in [1.165, 1.54) is 32.0 Å². The molecule has 1 rings (SSSR count). The Morgan fingerprint density at radius 1 is 1.47 bits per heavy atom. The first-order valence-corrected chi connectivity index (χ1v) is 7.39. The molecular formula is C15H30BN. The summed E-state index contributed by atoms with van der Waals surface area (Å²) in [4.78, 5) is 0. The fourth-order valence-corrected chi connectivity index (χ4v) is 3.31. The van der Waals surface area contributed by atoms with E-state index in [2.05, 4.69) is 33.3 Å². The van der Waals surface area contributed by atoms with Gasteiger partial charge in [-0.05, 0) is 49.4 Å². The molecule has 1 aliphatic rings. The molecule has 0 amide bonds. The van der Waals surface area contributed by atoms with Crippen molar-refractivity contribution in [2.45, 2.75) is 52.7 Å². The van der Waals surface area contributed by atoms with E-state index in [0.29, 0.717) is 12.6 Å². The van der Waals surface area contributed by atoms with E-state index in [0.717, 1.165) is 24.2 Å². The van der Waals surface area contributed by atoms with Crippen LogP contribution in [0.4, 0.5) is 0 Å². The molecule has 1 nitrogen and oxygen atoms in total. The highest BCUT2D eigenvalue weighted by Crippen LogP contribution is 2.41. The Balaban J connectivity index is 2.31. The van der Waals surface area contributed by atoms with Gasteiger partial charge in [-0.2, -0.15) is 0 Å². The van der Waals surface area contributed by atoms with Crippen LogP contribution in [0.2, 0.25) is 13.1 Å². The molecule has 1 aliphatic carbocycles. The molecule has 0 spiro atoms. The number of nitrogens with two attached hydrogens (primary N) is 1. The van der Waals surface area contributed by atoms with Gasteiger partial charge in [0.1, 0.15) is 0 Å². The first kappa shape index (κ1) is 14.8. The molecule has 2 N–H and O–H groups in total. The van der Waals surface area contributed by atoms with Gasteiger partial charge in [0.05, 0.1) is 0 Å². The maximum atomic E-state index is 5.69. The summed E-state index contributed by atoms with van der Waals surface area (Å²) in [6.45, 7) is 11.6. The molecule has 0 aromatic rings. The fourth-order valence-electron chi connectivity index (χ4n) is 3.31. The summed E-state index contributed by atoms with van der Waals surface area (Å²) in [6, 6.07) is 0. The molecule has 0 radical (unpaired) electrons. The van der Waals surface area contributed by atoms with Crippen molar-refractivity contribution in [3.63, 3.8) is 0 Å². The molecule has 4 atom stereocenters. The van der Waals surface area contributed by atoms with E-state index in [1.807, 2.05) is 0 Å². The first-order valence-electron chi connectivity index (χ1n) is 7.39. The van der Waals surface area contributed by atoms with Crippen LogP contribution in [0.1, 0.15) is 39.5 Å². The SMILES string of the molecule is C=CC(C)CC1CC(C)C(CCB(C)CN)C1. The second kappa shape index (κ2) is 7.26. The van der Waals surface area contributed by atoms with Gasteiger partial charge >= 0.3 is 0 Å². The van der Waals surface area contributed by atoms with Crippen molar-refractivity contribution in [1.29, 1.82) is 0 Å². The Morgan fingerprint density at radius 2 is 2.18 bits per heavy atom. The topological polar surface area (TPSA) is 26.0 Å². The fraction of sp³-hybridized carbons (Fsp3) is 0.867. The summed E-state index contributed by atoms with van der Waals surface area (Å²) in [7, 11) is 0. The summed E-state index contributed by atoms with van der Waals surface area (Å²) < 4.78 is 0. The van der Waals surface area contributed by atoms with Crippen molar-refractivity contribution in [3.8, 4) is 0 Å². The van der Waals surface area contributed by atoms with Gasteiger partial charge in [-0.25, -0.2) is 0 Å². The lowest BCUT2D eigenvalue weighted by Crippen LogP contribution is -2.22. The molecule has 4 unspecified atom stereocenters. The summed E-state index contributed by atoms with van der Waals surface area (Å²) in [6.07, 6.45) is 9.87. The quantitative estimate of drug-likeness (QED) is 0.526. The Morgan fingerprint density at radius 3 is 2.76 bits per heavy atom. The predicted molar refractivity (Wildman–Crippen MR) is 79.5 cm³/mol. The maximum Gasteiger partial charge on any atom is 0.152 e. The van der Waals surface area contributed by atoms with Crippen LogP contribution in [0.25, 0.3) is 0 Å². The lowest BCUT2D eigenvalue weighted by molar-refractivity contribution is 0.402. The molecular weight excluding hydrogens is 205 g/mol. The zero-order valence-electron chi connectivity index (χ0n) is 12.0. The van der Waals surface area contributed by atoms with E-state index in [4.69, 9.17) is 5.73 Å². The van der Waals surface area contributed by atoms with Crippen LogP contribution in [0.15, 0.2) is 12.7 Å². The number of rotatable bonds is 7. The van der Waals surface area contributed by atoms with Gasteiger partial charge in [0.25, 0.3) is 0 Å². The number of hydrogen-bond donors (Lipinski definition) is 1. The Hall–Kier alpha value is -0.235. The molecule has 0 heterocycles. The third kappa shape index (κ3) is 4.87. The highest BCUT2D eigenvalue weighted by molar-refractivity contribution is 6.57. The van der Waals surface area contributed by atoms with Crippen molar-refractivity contribution >= 4 is 6.71 Å². The zero-order chi connectivity index (χ0) is 12.8. The molecule has 98 valence electrons. The van der Waals surface area contributed by atoms with Gasteiger partial charge in [-0.1, -0.05) is 39.5 Å². The number of allylic oxidation sites excluding steroid dienone is 1. The van der Waals surface area contributed by atoms with Crippen LogP contribution in [0, 0.1) is 23.7 Å². The molecule has 0 bridgehead atoms. The van der Waals surface area contributed by atoms with E-state index < -0.39 is 0 Å². The van der Waals surface area contributed by atoms with Crippen LogP contribution in [0.5, 0.6) is 0 Å². The van der Waals surface area contributed by atoms with Crippen LogP contribution in [-0.4, -0.2) is 13.2 Å². The molecule has 1 saturated carbocycles. The van der Waals surface area contributed by atoms with Gasteiger partial charge in [0, 0.05) is 0 Å². The average molecular weight is 235 g/mol. The second-order valence-electron chi connectivity index (χ2n) is 6.44. The van der Waals surface area contributed by atoms with Crippen LogP contribution in [-0.2, 0) is 0 Å². The molecule has 0 aromatic carbocycles. The molecule has 0 aromatic heterocycles. The molecule has 1 fully saturated rings. The predicted octanol–water partition coefficient (Wildman–Crippen LogP) is 3.87. The van der Waals surface area contributed by atoms with E-state index in [1.54, 1.807) is 0 Å². The van der Waals surface area contributed by atoms with Crippen LogP contribution in [0.3, 0.4) is 0 Å². The summed E-state index contributed by atoms with van der Waals surface area (Å²) >= 11 is 0. The Kier molecular flexibility index (Phi) is 6.33. The minimum absolute atomic E-state index is 0.689. The monoisotopic (exact) mass is 235 g/mol. The van der Waals surface area contributed by atoms with E-state index >= 15 is 0 Å². The van der Waals surface area contributed by atoms with Crippen molar-refractivity contribution in [3.05, 3.63) is 12.7 Å². The first-order chi connectivity index (χ1) is 8.06. The normalized spacial score (nSPS) is 30.2. The largest absolute Gasteiger partial charge is 0.338 e. The highest BCUT2D eigenvalue weighted by atomic mass is 14.5. The van der Waals surface area contributed by atoms with E-state index in [9.17, 15) is 0 Å². The lowest BCUT2D eigenvalue weighted by atomic mass is 9.48. The summed E-state index contributed by atoms with van der Waals surface area (Å²) in [5, 5.41) is 0. The van der Waals surface area contributed by atoms with Crippen molar-refractivity contribution < 1.29 is 0 Å². The molecule has 17 heavy (non-hydrogen) atoms. The van der Waals surface area contributed by atoms with Gasteiger partial charge in [0.15, 0.2) is 6.71 Å². The molecule has 0 saturated heterocycles. The molecule has 2 heteroatoms. The van der Waals surface area contributed by atoms with Gasteiger partial charge < -0.3 is 5.73 Å². The van der Waals surface area contributed by atoms with Crippen LogP contribution < -0.4 is 5.73 Å². The standard InChI is InChI=1S/C15H30BN/c1-5-12(2)8-14-9-13(3)15(10-14)6-7-16(4)11-17/h5,12-15H,1,6-11,17H2,2-4H3. The Bertz CT molecular complexity index is 229. The Labute approximate surface area is 108 Å². The zero-order valence-corrected chi connectivity index (χ0v) is 12.0. The minimum Gasteiger partial charge on any atom is -0.338 e. The summed E-state index contributed by atoms with van der Waals surface area (Å²) in [5.41, 5.74) is 5.69. The summed E-state index contributed by atoms with van der Waals surface area (Å²) in [5.74, 6) is 3.50. The number of hydrogen-bond acceptors (Lipinski definition) is 1. The lowest BCUT2D eigenvalue weighted by Gasteiger charge is -2.16. The smallest absolute Gasteiger partial charge is 0.152 e. The maximum absolute atomic E-state index is 5.69. The average Bonchev–Trinajstić information content (AvgIpc) is 2.66. The second-order valence-corrected chi connectivity index (χ2v) is 6.44. The van der Waals surface area contributed by atoms with Crippen molar-refractivity contribution in [2.24, 2.45) is 29.4 Å². The van der Waals surface area contributed by atoms with Gasteiger partial charge in [-0.3, -0.25) is 0 Å². The van der Waals surface area contributed by atoms with Crippen molar-refractivity contribution in [2.75, 3.05) is 6.44 Å². The van der Waals surface area contributed by atoms with Gasteiger partial charge in [-0.15, -0.1) is 6.58 Å². The molecule has 0 aliphatic heterocycles. The minimum atomic E-state index is 0.689. The van der Waals surface area contributed by atoms with E-state index in [-0.39, 0.29) is 0 Å². The van der Waals surface area contributed by atoms with Crippen LogP contribution >= 0.6 is 0 Å². The third-order valence-electron chi connectivity index (χ3n) is 4.69. The third-order valence-corrected chi connectivity index (χ3v) is 4.69. The van der Waals surface area contributed by atoms with Crippen molar-refractivity contribution in [1.82, 2.24) is 0 Å².